The van der Waals surface area contributed by atoms with Gasteiger partial charge in [-0.3, -0.25) is 9.59 Å². The van der Waals surface area contributed by atoms with Crippen molar-refractivity contribution >= 4 is 11.9 Å². The summed E-state index contributed by atoms with van der Waals surface area (Å²) in [4.78, 5) is 21.7. The Morgan fingerprint density at radius 2 is 1.71 bits per heavy atom. The van der Waals surface area contributed by atoms with Crippen molar-refractivity contribution in [2.24, 2.45) is 0 Å². The van der Waals surface area contributed by atoms with Crippen LogP contribution >= 0.6 is 0 Å². The first-order valence-corrected chi connectivity index (χ1v) is 4.09. The van der Waals surface area contributed by atoms with Crippen molar-refractivity contribution in [3.8, 4) is 0 Å². The molecule has 0 spiro atoms. The first-order valence-electron chi connectivity index (χ1n) is 4.09. The molecule has 0 rings (SSSR count). The summed E-state index contributed by atoms with van der Waals surface area (Å²) in [6.07, 6.45) is 0.800. The van der Waals surface area contributed by atoms with Gasteiger partial charge in [-0.25, -0.2) is 0 Å². The molecule has 0 aliphatic heterocycles. The summed E-state index contributed by atoms with van der Waals surface area (Å²) in [5, 5.41) is 0. The van der Waals surface area contributed by atoms with E-state index in [-0.39, 0.29) is 36.2 Å². The molecule has 0 atom stereocenters. The molecule has 0 heterocycles. The van der Waals surface area contributed by atoms with Crippen LogP contribution in [0, 0.1) is 6.42 Å². The van der Waals surface area contributed by atoms with E-state index < -0.39 is 17.5 Å². The Balaban J connectivity index is 0. The van der Waals surface area contributed by atoms with Gasteiger partial charge in [0, 0.05) is 0 Å². The molecule has 0 aromatic rings. The van der Waals surface area contributed by atoms with Gasteiger partial charge in [-0.05, 0) is 27.7 Å². The van der Waals surface area contributed by atoms with E-state index in [0.717, 1.165) is 6.42 Å². The van der Waals surface area contributed by atoms with Gasteiger partial charge in [0.25, 0.3) is 0 Å². The van der Waals surface area contributed by atoms with Gasteiger partial charge < -0.3 is 9.47 Å². The molecule has 0 fully saturated rings. The van der Waals surface area contributed by atoms with Crippen LogP contribution in [0.5, 0.6) is 0 Å². The smallest absolute Gasteiger partial charge is 0.488 e. The van der Waals surface area contributed by atoms with Crippen LogP contribution in [0.3, 0.4) is 0 Å². The number of carbonyl (C=O) groups is 2. The number of rotatable bonds is 3. The summed E-state index contributed by atoms with van der Waals surface area (Å²) in [6, 6.07) is 0. The summed E-state index contributed by atoms with van der Waals surface area (Å²) in [5.41, 5.74) is -0.583. The third-order valence-electron chi connectivity index (χ3n) is 0.929. The van der Waals surface area contributed by atoms with E-state index in [1.54, 1.807) is 27.7 Å². The van der Waals surface area contributed by atoms with E-state index in [9.17, 15) is 9.59 Å². The maximum atomic E-state index is 11.0. The van der Waals surface area contributed by atoms with Crippen molar-refractivity contribution in [3.63, 3.8) is 0 Å². The summed E-state index contributed by atoms with van der Waals surface area (Å²) in [7, 11) is 0. The van der Waals surface area contributed by atoms with Crippen LogP contribution in [0.15, 0.2) is 0 Å². The Bertz CT molecular complexity index is 195. The minimum atomic E-state index is -0.675. The van der Waals surface area contributed by atoms with Gasteiger partial charge in [0.15, 0.2) is 11.9 Å². The molecule has 0 amide bonds. The van der Waals surface area contributed by atoms with Crippen LogP contribution in [-0.2, 0) is 19.1 Å². The molecule has 0 aromatic carbocycles. The minimum absolute atomic E-state index is 0. The van der Waals surface area contributed by atoms with E-state index in [0.29, 0.717) is 0 Å². The third-order valence-corrected chi connectivity index (χ3v) is 0.929. The van der Waals surface area contributed by atoms with Crippen molar-refractivity contribution in [2.45, 2.75) is 33.3 Å². The zero-order valence-corrected chi connectivity index (χ0v) is 11.4. The second-order valence-electron chi connectivity index (χ2n) is 3.43. The minimum Gasteiger partial charge on any atom is -0.488 e. The van der Waals surface area contributed by atoms with Crippen LogP contribution in [0.25, 0.3) is 0 Å². The molecule has 0 unspecified atom stereocenters. The van der Waals surface area contributed by atoms with E-state index in [4.69, 9.17) is 4.74 Å². The van der Waals surface area contributed by atoms with Crippen molar-refractivity contribution in [2.75, 3.05) is 6.61 Å². The maximum absolute atomic E-state index is 11.0. The predicted molar refractivity (Wildman–Crippen MR) is 46.8 cm³/mol. The van der Waals surface area contributed by atoms with Crippen LogP contribution < -0.4 is 29.6 Å². The van der Waals surface area contributed by atoms with Crippen molar-refractivity contribution < 1.29 is 48.6 Å². The van der Waals surface area contributed by atoms with Crippen LogP contribution in [0.2, 0.25) is 0 Å². The number of hydrogen-bond donors (Lipinski definition) is 0. The van der Waals surface area contributed by atoms with Crippen LogP contribution in [0.4, 0.5) is 0 Å². The zero-order chi connectivity index (χ0) is 10.5. The van der Waals surface area contributed by atoms with Gasteiger partial charge >= 0.3 is 29.6 Å². The zero-order valence-electron chi connectivity index (χ0n) is 9.42. The quantitative estimate of drug-likeness (QED) is 0.236. The Hall–Kier alpha value is -0.190. The molecule has 0 bridgehead atoms. The summed E-state index contributed by atoms with van der Waals surface area (Å²) in [6.45, 7) is 7.09. The van der Waals surface area contributed by atoms with Crippen molar-refractivity contribution in [1.29, 1.82) is 0 Å². The molecule has 0 aliphatic carbocycles. The number of esters is 2. The average molecular weight is 210 g/mol. The molecule has 14 heavy (non-hydrogen) atoms. The second kappa shape index (κ2) is 7.15. The van der Waals surface area contributed by atoms with Crippen LogP contribution in [-0.4, -0.2) is 24.1 Å². The standard InChI is InChI=1S/C9H15O4.Na/c1-5-12-7(10)6-8(11)13-9(2,3)4;/h6H,5H2,1-4H3;/q-1;+1. The summed E-state index contributed by atoms with van der Waals surface area (Å²) in [5.74, 6) is -1.34. The average Bonchev–Trinajstić information content (AvgIpc) is 1.81. The van der Waals surface area contributed by atoms with Crippen LogP contribution in [0.1, 0.15) is 27.7 Å². The first kappa shape index (κ1) is 16.2. The maximum Gasteiger partial charge on any atom is 1.00 e. The molecule has 0 aromatic heterocycles. The fourth-order valence-corrected chi connectivity index (χ4v) is 0.611. The predicted octanol–water partition coefficient (Wildman–Crippen LogP) is -1.90. The normalized spacial score (nSPS) is 9.71. The number of carbonyl (C=O) groups excluding carboxylic acids is 2. The molecular weight excluding hydrogens is 195 g/mol. The van der Waals surface area contributed by atoms with Gasteiger partial charge in [-0.2, -0.15) is 6.42 Å². The second-order valence-corrected chi connectivity index (χ2v) is 3.43. The molecule has 0 radical (unpaired) electrons. The Morgan fingerprint density at radius 3 is 2.07 bits per heavy atom. The topological polar surface area (TPSA) is 52.6 Å². The summed E-state index contributed by atoms with van der Waals surface area (Å²) < 4.78 is 9.39. The molecule has 0 saturated heterocycles. The van der Waals surface area contributed by atoms with E-state index in [1.165, 1.54) is 0 Å². The van der Waals surface area contributed by atoms with Gasteiger partial charge in [-0.15, -0.1) is 0 Å². The Labute approximate surface area is 107 Å². The fourth-order valence-electron chi connectivity index (χ4n) is 0.611. The molecule has 0 aliphatic rings. The van der Waals surface area contributed by atoms with Gasteiger partial charge in [0.1, 0.15) is 5.60 Å². The third kappa shape index (κ3) is 9.89. The monoisotopic (exact) mass is 210 g/mol. The number of hydrogen-bond acceptors (Lipinski definition) is 4. The summed E-state index contributed by atoms with van der Waals surface area (Å²) >= 11 is 0. The van der Waals surface area contributed by atoms with Gasteiger partial charge in [0.2, 0.25) is 0 Å². The fraction of sp³-hybridized carbons (Fsp3) is 0.667. The van der Waals surface area contributed by atoms with Crippen molar-refractivity contribution in [1.82, 2.24) is 0 Å². The van der Waals surface area contributed by atoms with Gasteiger partial charge in [0.05, 0.1) is 6.61 Å². The van der Waals surface area contributed by atoms with Crippen molar-refractivity contribution in [3.05, 3.63) is 6.42 Å². The SMILES string of the molecule is CCOC(=O)[CH-]C(=O)OC(C)(C)C.[Na+]. The molecular formula is C9H15NaO4. The molecule has 0 N–H and O–H groups in total. The molecule has 5 heteroatoms. The van der Waals surface area contributed by atoms with E-state index in [2.05, 4.69) is 4.74 Å². The number of ether oxygens (including phenoxy) is 2. The van der Waals surface area contributed by atoms with E-state index >= 15 is 0 Å². The largest absolute Gasteiger partial charge is 1.00 e. The van der Waals surface area contributed by atoms with Gasteiger partial charge in [-0.1, -0.05) is 0 Å². The first-order chi connectivity index (χ1) is 5.85. The molecule has 4 nitrogen and oxygen atoms in total. The Kier molecular flexibility index (Phi) is 8.30. The molecule has 76 valence electrons. The molecule has 0 saturated carbocycles. The van der Waals surface area contributed by atoms with E-state index in [1.807, 2.05) is 0 Å². The Morgan fingerprint density at radius 1 is 1.21 bits per heavy atom.